The summed E-state index contributed by atoms with van der Waals surface area (Å²) >= 11 is 0. The van der Waals surface area contributed by atoms with Gasteiger partial charge < -0.3 is 10.5 Å². The lowest BCUT2D eigenvalue weighted by atomic mass is 9.89. The highest BCUT2D eigenvalue weighted by atomic mass is 19.1. The van der Waals surface area contributed by atoms with Crippen LogP contribution in [0.15, 0.2) is 18.2 Å². The van der Waals surface area contributed by atoms with Gasteiger partial charge in [-0.15, -0.1) is 0 Å². The molecule has 0 spiro atoms. The molecule has 0 aliphatic heterocycles. The van der Waals surface area contributed by atoms with Crippen molar-refractivity contribution in [3.05, 3.63) is 35.1 Å². The van der Waals surface area contributed by atoms with Gasteiger partial charge in [-0.3, -0.25) is 0 Å². The zero-order valence-corrected chi connectivity index (χ0v) is 9.51. The van der Waals surface area contributed by atoms with Crippen LogP contribution < -0.4 is 5.73 Å². The summed E-state index contributed by atoms with van der Waals surface area (Å²) in [5.41, 5.74) is 7.25. The van der Waals surface area contributed by atoms with Crippen LogP contribution in [0.4, 0.5) is 4.39 Å². The van der Waals surface area contributed by atoms with Crippen molar-refractivity contribution in [1.82, 2.24) is 0 Å². The summed E-state index contributed by atoms with van der Waals surface area (Å²) < 4.78 is 18.1. The predicted molar refractivity (Wildman–Crippen MR) is 59.2 cm³/mol. The van der Waals surface area contributed by atoms with E-state index in [1.54, 1.807) is 26.2 Å². The maximum absolute atomic E-state index is 13.1. The Morgan fingerprint density at radius 3 is 2.67 bits per heavy atom. The predicted octanol–water partition coefficient (Wildman–Crippen LogP) is 2.34. The number of halogens is 1. The molecule has 0 heterocycles. The highest BCUT2D eigenvalue weighted by molar-refractivity contribution is 5.29. The fourth-order valence-electron chi connectivity index (χ4n) is 1.46. The first kappa shape index (κ1) is 12.1. The minimum absolute atomic E-state index is 0.193. The lowest BCUT2D eigenvalue weighted by molar-refractivity contribution is 0.172. The summed E-state index contributed by atoms with van der Waals surface area (Å²) in [6, 6.07) is 4.99. The molecule has 1 aromatic carbocycles. The van der Waals surface area contributed by atoms with E-state index in [0.29, 0.717) is 18.6 Å². The third-order valence-electron chi connectivity index (χ3n) is 2.64. The van der Waals surface area contributed by atoms with Gasteiger partial charge in [0.05, 0.1) is 0 Å². The van der Waals surface area contributed by atoms with Gasteiger partial charge in [-0.1, -0.05) is 12.1 Å². The Kier molecular flexibility index (Phi) is 3.83. The summed E-state index contributed by atoms with van der Waals surface area (Å²) in [5.74, 6) is -0.193. The molecule has 0 aromatic heterocycles. The van der Waals surface area contributed by atoms with Gasteiger partial charge in [0.15, 0.2) is 0 Å². The second-order valence-electron chi connectivity index (χ2n) is 4.12. The van der Waals surface area contributed by atoms with Crippen LogP contribution in [0.25, 0.3) is 0 Å². The van der Waals surface area contributed by atoms with Crippen LogP contribution in [0.3, 0.4) is 0 Å². The Hall–Kier alpha value is -0.930. The molecular formula is C12H18FNO. The molecule has 1 aromatic rings. The zero-order valence-electron chi connectivity index (χ0n) is 9.51. The zero-order chi connectivity index (χ0) is 11.5. The van der Waals surface area contributed by atoms with Gasteiger partial charge in [0, 0.05) is 19.3 Å². The number of ether oxygens (including phenoxy) is 1. The first-order valence-corrected chi connectivity index (χ1v) is 5.02. The van der Waals surface area contributed by atoms with E-state index >= 15 is 0 Å². The van der Waals surface area contributed by atoms with Gasteiger partial charge in [0.25, 0.3) is 0 Å². The molecule has 0 radical (unpaired) electrons. The molecule has 1 rings (SSSR count). The van der Waals surface area contributed by atoms with Gasteiger partial charge in [0.1, 0.15) is 5.82 Å². The monoisotopic (exact) mass is 211 g/mol. The Balaban J connectivity index is 2.89. The fourth-order valence-corrected chi connectivity index (χ4v) is 1.46. The fraction of sp³-hybridized carbons (Fsp3) is 0.500. The smallest absolute Gasteiger partial charge is 0.126 e. The molecular weight excluding hydrogens is 193 g/mol. The molecule has 0 saturated carbocycles. The molecule has 2 nitrogen and oxygen atoms in total. The van der Waals surface area contributed by atoms with Crippen molar-refractivity contribution >= 4 is 0 Å². The molecule has 3 heteroatoms. The van der Waals surface area contributed by atoms with Crippen molar-refractivity contribution in [1.29, 1.82) is 0 Å². The van der Waals surface area contributed by atoms with Gasteiger partial charge in [0.2, 0.25) is 0 Å². The van der Waals surface area contributed by atoms with E-state index in [1.807, 2.05) is 6.92 Å². The maximum atomic E-state index is 13.1. The van der Waals surface area contributed by atoms with Crippen LogP contribution in [0, 0.1) is 12.7 Å². The number of hydrogen-bond donors (Lipinski definition) is 1. The molecule has 84 valence electrons. The van der Waals surface area contributed by atoms with Crippen molar-refractivity contribution < 1.29 is 9.13 Å². The molecule has 1 atom stereocenters. The second-order valence-corrected chi connectivity index (χ2v) is 4.12. The average molecular weight is 211 g/mol. The summed E-state index contributed by atoms with van der Waals surface area (Å²) in [7, 11) is 1.64. The lowest BCUT2D eigenvalue weighted by Crippen LogP contribution is -2.34. The van der Waals surface area contributed by atoms with Crippen LogP contribution in [-0.4, -0.2) is 13.7 Å². The number of methoxy groups -OCH3 is 1. The van der Waals surface area contributed by atoms with Crippen LogP contribution in [0.5, 0.6) is 0 Å². The maximum Gasteiger partial charge on any atom is 0.126 e. The van der Waals surface area contributed by atoms with E-state index in [1.165, 1.54) is 6.07 Å². The van der Waals surface area contributed by atoms with Crippen molar-refractivity contribution in [2.75, 3.05) is 13.7 Å². The first-order chi connectivity index (χ1) is 6.97. The third-order valence-corrected chi connectivity index (χ3v) is 2.64. The molecule has 0 saturated heterocycles. The quantitative estimate of drug-likeness (QED) is 0.829. The molecule has 2 N–H and O–H groups in total. The first-order valence-electron chi connectivity index (χ1n) is 5.02. The van der Waals surface area contributed by atoms with Crippen LogP contribution in [0.2, 0.25) is 0 Å². The van der Waals surface area contributed by atoms with E-state index in [9.17, 15) is 4.39 Å². The Bertz CT molecular complexity index is 336. The van der Waals surface area contributed by atoms with E-state index < -0.39 is 5.54 Å². The summed E-state index contributed by atoms with van der Waals surface area (Å²) in [5, 5.41) is 0. The second kappa shape index (κ2) is 4.73. The normalized spacial score (nSPS) is 15.0. The number of benzene rings is 1. The standard InChI is InChI=1S/C12H18FNO/c1-9-8-10(4-5-11(9)13)12(2,14)6-7-15-3/h4-5,8H,6-7,14H2,1-3H3. The van der Waals surface area contributed by atoms with Crippen LogP contribution in [-0.2, 0) is 10.3 Å². The third kappa shape index (κ3) is 3.01. The molecule has 0 fully saturated rings. The summed E-state index contributed by atoms with van der Waals surface area (Å²) in [6.45, 7) is 4.27. The van der Waals surface area contributed by atoms with Crippen molar-refractivity contribution in [2.45, 2.75) is 25.8 Å². The van der Waals surface area contributed by atoms with E-state index in [-0.39, 0.29) is 5.82 Å². The topological polar surface area (TPSA) is 35.2 Å². The van der Waals surface area contributed by atoms with Crippen molar-refractivity contribution in [2.24, 2.45) is 5.73 Å². The Morgan fingerprint density at radius 2 is 2.13 bits per heavy atom. The van der Waals surface area contributed by atoms with Crippen molar-refractivity contribution in [3.63, 3.8) is 0 Å². The van der Waals surface area contributed by atoms with Crippen molar-refractivity contribution in [3.8, 4) is 0 Å². The number of aryl methyl sites for hydroxylation is 1. The van der Waals surface area contributed by atoms with E-state index in [2.05, 4.69) is 0 Å². The van der Waals surface area contributed by atoms with Crippen LogP contribution >= 0.6 is 0 Å². The molecule has 0 aliphatic carbocycles. The Morgan fingerprint density at radius 1 is 1.47 bits per heavy atom. The SMILES string of the molecule is COCCC(C)(N)c1ccc(F)c(C)c1. The lowest BCUT2D eigenvalue weighted by Gasteiger charge is -2.25. The van der Waals surface area contributed by atoms with Gasteiger partial charge in [-0.25, -0.2) is 4.39 Å². The minimum atomic E-state index is -0.464. The van der Waals surface area contributed by atoms with E-state index in [0.717, 1.165) is 5.56 Å². The van der Waals surface area contributed by atoms with E-state index in [4.69, 9.17) is 10.5 Å². The highest BCUT2D eigenvalue weighted by Crippen LogP contribution is 2.23. The van der Waals surface area contributed by atoms with Crippen LogP contribution in [0.1, 0.15) is 24.5 Å². The van der Waals surface area contributed by atoms with Gasteiger partial charge >= 0.3 is 0 Å². The average Bonchev–Trinajstić information content (AvgIpc) is 2.19. The molecule has 0 amide bonds. The molecule has 15 heavy (non-hydrogen) atoms. The highest BCUT2D eigenvalue weighted by Gasteiger charge is 2.21. The minimum Gasteiger partial charge on any atom is -0.385 e. The number of nitrogens with two attached hydrogens (primary N) is 1. The number of rotatable bonds is 4. The molecule has 0 bridgehead atoms. The summed E-state index contributed by atoms with van der Waals surface area (Å²) in [6.07, 6.45) is 0.717. The summed E-state index contributed by atoms with van der Waals surface area (Å²) in [4.78, 5) is 0. The molecule has 1 unspecified atom stereocenters. The number of hydrogen-bond acceptors (Lipinski definition) is 2. The van der Waals surface area contributed by atoms with Gasteiger partial charge in [-0.2, -0.15) is 0 Å². The van der Waals surface area contributed by atoms with Gasteiger partial charge in [-0.05, 0) is 37.5 Å². The Labute approximate surface area is 90.2 Å². The molecule has 0 aliphatic rings. The largest absolute Gasteiger partial charge is 0.385 e.